The van der Waals surface area contributed by atoms with E-state index in [4.69, 9.17) is 14.2 Å². The molecule has 2 unspecified atom stereocenters. The molecule has 2 atom stereocenters. The first kappa shape index (κ1) is 15.2. The van der Waals surface area contributed by atoms with Gasteiger partial charge in [0, 0.05) is 39.7 Å². The van der Waals surface area contributed by atoms with Crippen LogP contribution >= 0.6 is 0 Å². The summed E-state index contributed by atoms with van der Waals surface area (Å²) >= 11 is 0. The summed E-state index contributed by atoms with van der Waals surface area (Å²) in [4.78, 5) is 14.5. The van der Waals surface area contributed by atoms with E-state index in [1.807, 2.05) is 4.90 Å². The first-order valence-corrected chi connectivity index (χ1v) is 7.86. The van der Waals surface area contributed by atoms with E-state index in [9.17, 15) is 4.79 Å². The molecule has 1 amide bonds. The molecular formula is C15H26N2O4. The number of nitrogens with one attached hydrogen (secondary N) is 1. The maximum atomic E-state index is 12.6. The van der Waals surface area contributed by atoms with Crippen molar-refractivity contribution in [1.29, 1.82) is 0 Å². The molecule has 3 fully saturated rings. The summed E-state index contributed by atoms with van der Waals surface area (Å²) in [5, 5.41) is 3.33. The predicted molar refractivity (Wildman–Crippen MR) is 77.1 cm³/mol. The zero-order chi connectivity index (χ0) is 14.9. The minimum Gasteiger partial charge on any atom is -0.378 e. The number of carbonyl (C=O) groups is 1. The van der Waals surface area contributed by atoms with Crippen molar-refractivity contribution in [3.05, 3.63) is 0 Å². The smallest absolute Gasteiger partial charge is 0.251 e. The summed E-state index contributed by atoms with van der Waals surface area (Å²) in [6, 6.07) is 0. The first-order valence-electron chi connectivity index (χ1n) is 7.86. The molecular weight excluding hydrogens is 272 g/mol. The highest BCUT2D eigenvalue weighted by Crippen LogP contribution is 2.31. The summed E-state index contributed by atoms with van der Waals surface area (Å²) in [5.41, 5.74) is -0.389. The van der Waals surface area contributed by atoms with Crippen molar-refractivity contribution in [3.8, 4) is 0 Å². The topological polar surface area (TPSA) is 60.0 Å². The van der Waals surface area contributed by atoms with Crippen molar-refractivity contribution in [2.24, 2.45) is 0 Å². The lowest BCUT2D eigenvalue weighted by molar-refractivity contribution is -0.145. The number of nitrogens with zero attached hydrogens (tertiary/aromatic N) is 1. The predicted octanol–water partition coefficient (Wildman–Crippen LogP) is 0.161. The fourth-order valence-electron chi connectivity index (χ4n) is 3.41. The molecule has 0 aromatic heterocycles. The standard InChI is InChI=1S/C15H26N2O4/c1-14(19-2)3-6-17(7-4-14)13(18)12-9-15(11-20-12)10-16-5-8-21-15/h12,16H,3-11H2,1-2H3. The van der Waals surface area contributed by atoms with Crippen LogP contribution < -0.4 is 5.32 Å². The molecule has 3 saturated heterocycles. The molecule has 0 radical (unpaired) electrons. The number of rotatable bonds is 2. The second-order valence-electron chi connectivity index (χ2n) is 6.69. The monoisotopic (exact) mass is 298 g/mol. The van der Waals surface area contributed by atoms with E-state index in [1.54, 1.807) is 7.11 Å². The molecule has 0 aromatic rings. The molecule has 3 aliphatic rings. The van der Waals surface area contributed by atoms with Crippen LogP contribution in [0.1, 0.15) is 26.2 Å². The summed E-state index contributed by atoms with van der Waals surface area (Å²) in [6.45, 7) is 6.46. The van der Waals surface area contributed by atoms with Gasteiger partial charge >= 0.3 is 0 Å². The Morgan fingerprint density at radius 1 is 1.38 bits per heavy atom. The number of amides is 1. The van der Waals surface area contributed by atoms with Crippen LogP contribution in [0.25, 0.3) is 0 Å². The van der Waals surface area contributed by atoms with Gasteiger partial charge in [0.05, 0.1) is 18.8 Å². The third-order valence-corrected chi connectivity index (χ3v) is 5.14. The molecule has 1 spiro atoms. The molecule has 21 heavy (non-hydrogen) atoms. The summed E-state index contributed by atoms with van der Waals surface area (Å²) in [5.74, 6) is 0.110. The van der Waals surface area contributed by atoms with Gasteiger partial charge in [-0.05, 0) is 19.8 Å². The normalized spacial score (nSPS) is 36.1. The van der Waals surface area contributed by atoms with Crippen molar-refractivity contribution in [2.75, 3.05) is 46.5 Å². The second kappa shape index (κ2) is 5.83. The highest BCUT2D eigenvalue weighted by Gasteiger charge is 2.46. The van der Waals surface area contributed by atoms with E-state index < -0.39 is 0 Å². The van der Waals surface area contributed by atoms with Crippen LogP contribution in [0.2, 0.25) is 0 Å². The van der Waals surface area contributed by atoms with Crippen LogP contribution in [0.5, 0.6) is 0 Å². The molecule has 0 bridgehead atoms. The Kier molecular flexibility index (Phi) is 4.23. The number of ether oxygens (including phenoxy) is 3. The number of methoxy groups -OCH3 is 1. The van der Waals surface area contributed by atoms with Crippen molar-refractivity contribution in [3.63, 3.8) is 0 Å². The van der Waals surface area contributed by atoms with Gasteiger partial charge in [-0.3, -0.25) is 4.79 Å². The van der Waals surface area contributed by atoms with Gasteiger partial charge in [-0.2, -0.15) is 0 Å². The van der Waals surface area contributed by atoms with Crippen LogP contribution in [0.4, 0.5) is 0 Å². The lowest BCUT2D eigenvalue weighted by Gasteiger charge is -2.39. The molecule has 1 N–H and O–H groups in total. The van der Waals surface area contributed by atoms with Gasteiger partial charge in [-0.15, -0.1) is 0 Å². The first-order chi connectivity index (χ1) is 10.1. The maximum absolute atomic E-state index is 12.6. The van der Waals surface area contributed by atoms with Crippen LogP contribution in [-0.2, 0) is 19.0 Å². The molecule has 3 rings (SSSR count). The number of hydrogen-bond acceptors (Lipinski definition) is 5. The number of carbonyl (C=O) groups excluding carboxylic acids is 1. The lowest BCUT2D eigenvalue weighted by Crippen LogP contribution is -2.51. The molecule has 6 heteroatoms. The third-order valence-electron chi connectivity index (χ3n) is 5.14. The number of likely N-dealkylation sites (tertiary alicyclic amines) is 1. The average Bonchev–Trinajstić information content (AvgIpc) is 2.92. The van der Waals surface area contributed by atoms with Gasteiger partial charge in [-0.1, -0.05) is 0 Å². The molecule has 0 aliphatic carbocycles. The Hall–Kier alpha value is -0.690. The van der Waals surface area contributed by atoms with Crippen LogP contribution in [0, 0.1) is 0 Å². The number of piperidine rings is 1. The van der Waals surface area contributed by atoms with Crippen molar-refractivity contribution >= 4 is 5.91 Å². The summed E-state index contributed by atoms with van der Waals surface area (Å²) < 4.78 is 17.1. The van der Waals surface area contributed by atoms with Crippen LogP contribution in [-0.4, -0.2) is 74.6 Å². The maximum Gasteiger partial charge on any atom is 0.251 e. The quantitative estimate of drug-likeness (QED) is 0.787. The van der Waals surface area contributed by atoms with Gasteiger partial charge in [-0.25, -0.2) is 0 Å². The minimum absolute atomic E-state index is 0.0923. The Balaban J connectivity index is 1.55. The van der Waals surface area contributed by atoms with E-state index in [-0.39, 0.29) is 23.2 Å². The van der Waals surface area contributed by atoms with Crippen molar-refractivity contribution < 1.29 is 19.0 Å². The molecule has 0 saturated carbocycles. The van der Waals surface area contributed by atoms with Crippen LogP contribution in [0.3, 0.4) is 0 Å². The van der Waals surface area contributed by atoms with Gasteiger partial charge in [0.1, 0.15) is 11.7 Å². The fourth-order valence-corrected chi connectivity index (χ4v) is 3.41. The third kappa shape index (κ3) is 3.08. The van der Waals surface area contributed by atoms with Crippen molar-refractivity contribution in [2.45, 2.75) is 43.5 Å². The van der Waals surface area contributed by atoms with Gasteiger partial charge < -0.3 is 24.4 Å². The molecule has 6 nitrogen and oxygen atoms in total. The fraction of sp³-hybridized carbons (Fsp3) is 0.933. The van der Waals surface area contributed by atoms with E-state index in [2.05, 4.69) is 12.2 Å². The SMILES string of the molecule is COC1(C)CCN(C(=O)C2CC3(CNCCO3)CO2)CC1. The Morgan fingerprint density at radius 3 is 2.76 bits per heavy atom. The molecule has 3 aliphatic heterocycles. The lowest BCUT2D eigenvalue weighted by atomic mass is 9.92. The largest absolute Gasteiger partial charge is 0.378 e. The van der Waals surface area contributed by atoms with Crippen LogP contribution in [0.15, 0.2) is 0 Å². The van der Waals surface area contributed by atoms with Crippen molar-refractivity contribution in [1.82, 2.24) is 10.2 Å². The second-order valence-corrected chi connectivity index (χ2v) is 6.69. The van der Waals surface area contributed by atoms with E-state index in [0.29, 0.717) is 19.6 Å². The highest BCUT2D eigenvalue weighted by atomic mass is 16.6. The van der Waals surface area contributed by atoms with Gasteiger partial charge in [0.15, 0.2) is 0 Å². The molecule has 0 aromatic carbocycles. The highest BCUT2D eigenvalue weighted by molar-refractivity contribution is 5.81. The minimum atomic E-state index is -0.350. The Labute approximate surface area is 126 Å². The van der Waals surface area contributed by atoms with E-state index >= 15 is 0 Å². The van der Waals surface area contributed by atoms with E-state index in [1.165, 1.54) is 0 Å². The summed E-state index contributed by atoms with van der Waals surface area (Å²) in [6.07, 6.45) is 2.07. The molecule has 3 heterocycles. The zero-order valence-corrected chi connectivity index (χ0v) is 13.0. The Morgan fingerprint density at radius 2 is 2.14 bits per heavy atom. The number of morpholine rings is 1. The number of hydrogen-bond donors (Lipinski definition) is 1. The van der Waals surface area contributed by atoms with E-state index in [0.717, 1.165) is 39.0 Å². The molecule has 120 valence electrons. The van der Waals surface area contributed by atoms with Gasteiger partial charge in [0.25, 0.3) is 5.91 Å². The van der Waals surface area contributed by atoms with Gasteiger partial charge in [0.2, 0.25) is 0 Å². The zero-order valence-electron chi connectivity index (χ0n) is 13.0. The average molecular weight is 298 g/mol. The Bertz CT molecular complexity index is 387. The summed E-state index contributed by atoms with van der Waals surface area (Å²) in [7, 11) is 1.74.